The lowest BCUT2D eigenvalue weighted by atomic mass is 10.3. The highest BCUT2D eigenvalue weighted by Gasteiger charge is 2.09. The maximum atomic E-state index is 12.6. The van der Waals surface area contributed by atoms with Gasteiger partial charge in [-0.25, -0.2) is 9.00 Å². The molecular weight excluding hydrogens is 419 g/mol. The number of hydrogen-bond acceptors (Lipinski definition) is 3. The zero-order valence-electron chi connectivity index (χ0n) is 14.4. The van der Waals surface area contributed by atoms with Gasteiger partial charge in [-0.15, -0.1) is 0 Å². The lowest BCUT2D eigenvalue weighted by Crippen LogP contribution is -2.19. The Hall–Kier alpha value is -2.74. The van der Waals surface area contributed by atoms with Gasteiger partial charge in [-0.1, -0.05) is 35.3 Å². The van der Waals surface area contributed by atoms with E-state index >= 15 is 0 Å². The van der Waals surface area contributed by atoms with Crippen LogP contribution in [0.15, 0.2) is 71.6 Å². The van der Waals surface area contributed by atoms with Crippen LogP contribution in [0.4, 0.5) is 27.5 Å². The normalized spacial score (nSPS) is 11.5. The number of halogens is 2. The Balaban J connectivity index is 1.66. The number of nitrogens with one attached hydrogen (secondary N) is 3. The molecule has 0 saturated heterocycles. The van der Waals surface area contributed by atoms with Crippen molar-refractivity contribution in [1.29, 1.82) is 0 Å². The van der Waals surface area contributed by atoms with Gasteiger partial charge in [-0.05, 0) is 54.6 Å². The fraction of sp³-hybridized carbons (Fsp3) is 0. The van der Waals surface area contributed by atoms with Gasteiger partial charge >= 0.3 is 6.03 Å². The third kappa shape index (κ3) is 5.39. The van der Waals surface area contributed by atoms with Crippen molar-refractivity contribution in [1.82, 2.24) is 0 Å². The number of anilines is 4. The van der Waals surface area contributed by atoms with Crippen LogP contribution in [0, 0.1) is 0 Å². The summed E-state index contributed by atoms with van der Waals surface area (Å²) in [5.74, 6) is 0. The number of rotatable bonds is 5. The highest BCUT2D eigenvalue weighted by Crippen LogP contribution is 2.26. The molecular formula is C19H16Cl2N4O2S. The zero-order chi connectivity index (χ0) is 20.1. The van der Waals surface area contributed by atoms with Crippen molar-refractivity contribution < 1.29 is 9.00 Å². The van der Waals surface area contributed by atoms with Crippen LogP contribution < -0.4 is 21.1 Å². The number of amides is 2. The van der Waals surface area contributed by atoms with Crippen LogP contribution in [0.1, 0.15) is 0 Å². The van der Waals surface area contributed by atoms with Crippen LogP contribution in [0.3, 0.4) is 0 Å². The van der Waals surface area contributed by atoms with Gasteiger partial charge in [-0.3, -0.25) is 0 Å². The molecule has 0 saturated carbocycles. The van der Waals surface area contributed by atoms with Crippen molar-refractivity contribution in [2.45, 2.75) is 4.90 Å². The fourth-order valence-electron chi connectivity index (χ4n) is 2.32. The summed E-state index contributed by atoms with van der Waals surface area (Å²) in [5.41, 5.74) is 7.86. The van der Waals surface area contributed by atoms with E-state index in [0.29, 0.717) is 37.7 Å². The molecule has 5 N–H and O–H groups in total. The minimum atomic E-state index is -1.56. The Bertz CT molecular complexity index is 1050. The van der Waals surface area contributed by atoms with Crippen molar-refractivity contribution in [3.8, 4) is 0 Å². The van der Waals surface area contributed by atoms with Crippen molar-refractivity contribution in [2.24, 2.45) is 0 Å². The van der Waals surface area contributed by atoms with E-state index in [1.165, 1.54) is 0 Å². The summed E-state index contributed by atoms with van der Waals surface area (Å²) in [6, 6.07) is 17.9. The van der Waals surface area contributed by atoms with Gasteiger partial charge in [0.2, 0.25) is 0 Å². The van der Waals surface area contributed by atoms with E-state index in [4.69, 9.17) is 28.9 Å². The molecule has 0 aromatic heterocycles. The number of nitrogens with two attached hydrogens (primary N) is 1. The first-order chi connectivity index (χ1) is 13.4. The van der Waals surface area contributed by atoms with Crippen LogP contribution in [-0.4, -0.2) is 10.2 Å². The number of hydrogen-bond donors (Lipinski definition) is 4. The second-order valence-electron chi connectivity index (χ2n) is 5.73. The molecule has 0 aliphatic carbocycles. The molecule has 0 aliphatic rings. The van der Waals surface area contributed by atoms with Crippen molar-refractivity contribution in [3.05, 3.63) is 76.8 Å². The molecule has 0 aliphatic heterocycles. The van der Waals surface area contributed by atoms with E-state index in [1.807, 2.05) is 0 Å². The van der Waals surface area contributed by atoms with E-state index < -0.39 is 17.0 Å². The Kier molecular flexibility index (Phi) is 6.41. The topological polar surface area (TPSA) is 96.2 Å². The number of carbonyl (C=O) groups is 1. The number of carbonyl (C=O) groups excluding carboxylic acids is 1. The summed E-state index contributed by atoms with van der Waals surface area (Å²) in [6.45, 7) is 0. The van der Waals surface area contributed by atoms with Gasteiger partial charge in [0.05, 0.1) is 14.9 Å². The summed E-state index contributed by atoms with van der Waals surface area (Å²) in [6.07, 6.45) is 0. The predicted molar refractivity (Wildman–Crippen MR) is 116 cm³/mol. The molecule has 2 amide bonds. The van der Waals surface area contributed by atoms with E-state index in [-0.39, 0.29) is 0 Å². The van der Waals surface area contributed by atoms with Crippen LogP contribution in [0.25, 0.3) is 0 Å². The van der Waals surface area contributed by atoms with Gasteiger partial charge in [-0.2, -0.15) is 0 Å². The molecule has 0 fully saturated rings. The highest BCUT2D eigenvalue weighted by atomic mass is 35.5. The maximum Gasteiger partial charge on any atom is 0.323 e. The highest BCUT2D eigenvalue weighted by molar-refractivity contribution is 7.86. The molecule has 0 heterocycles. The summed E-state index contributed by atoms with van der Waals surface area (Å²) >= 11 is 11.9. The molecule has 0 spiro atoms. The summed E-state index contributed by atoms with van der Waals surface area (Å²) < 4.78 is 15.4. The van der Waals surface area contributed by atoms with E-state index in [2.05, 4.69) is 15.4 Å². The average Bonchev–Trinajstić information content (AvgIpc) is 2.65. The van der Waals surface area contributed by atoms with Crippen LogP contribution >= 0.6 is 23.2 Å². The van der Waals surface area contributed by atoms with Crippen LogP contribution in [0.5, 0.6) is 0 Å². The lowest BCUT2D eigenvalue weighted by molar-refractivity contribution is 0.262. The smallest absolute Gasteiger partial charge is 0.323 e. The molecule has 1 atom stereocenters. The second-order valence-corrected chi connectivity index (χ2v) is 7.76. The van der Waals surface area contributed by atoms with Crippen LogP contribution in [-0.2, 0) is 11.0 Å². The molecule has 3 aromatic carbocycles. The van der Waals surface area contributed by atoms with E-state index in [9.17, 15) is 9.00 Å². The minimum Gasteiger partial charge on any atom is -0.399 e. The monoisotopic (exact) mass is 434 g/mol. The third-order valence-corrected chi connectivity index (χ3v) is 5.42. The minimum absolute atomic E-state index is 0.359. The summed E-state index contributed by atoms with van der Waals surface area (Å²) in [4.78, 5) is 12.6. The van der Waals surface area contributed by atoms with Gasteiger partial charge < -0.3 is 21.1 Å². The first-order valence-corrected chi connectivity index (χ1v) is 9.98. The number of nitrogen functional groups attached to an aromatic ring is 1. The SMILES string of the molecule is Nc1cccc(NC(=O)Nc2cccc(S(=O)Nc3ccc(Cl)c(Cl)c3)c2)c1. The average molecular weight is 435 g/mol. The Morgan fingerprint density at radius 3 is 2.18 bits per heavy atom. The third-order valence-electron chi connectivity index (χ3n) is 3.58. The summed E-state index contributed by atoms with van der Waals surface area (Å²) in [7, 11) is -1.56. The molecule has 6 nitrogen and oxygen atoms in total. The molecule has 9 heteroatoms. The lowest BCUT2D eigenvalue weighted by Gasteiger charge is -2.10. The van der Waals surface area contributed by atoms with Gasteiger partial charge in [0.25, 0.3) is 0 Å². The first-order valence-electron chi connectivity index (χ1n) is 8.08. The van der Waals surface area contributed by atoms with Gasteiger partial charge in [0, 0.05) is 22.7 Å². The van der Waals surface area contributed by atoms with E-state index in [0.717, 1.165) is 0 Å². The van der Waals surface area contributed by atoms with Crippen molar-refractivity contribution in [3.63, 3.8) is 0 Å². The molecule has 0 radical (unpaired) electrons. The molecule has 144 valence electrons. The van der Waals surface area contributed by atoms with E-state index in [1.54, 1.807) is 66.7 Å². The fourth-order valence-corrected chi connectivity index (χ4v) is 3.52. The maximum absolute atomic E-state index is 12.6. The van der Waals surface area contributed by atoms with Crippen molar-refractivity contribution >= 4 is 63.0 Å². The van der Waals surface area contributed by atoms with Crippen LogP contribution in [0.2, 0.25) is 10.0 Å². The van der Waals surface area contributed by atoms with Gasteiger partial charge in [0.1, 0.15) is 11.0 Å². The number of benzene rings is 3. The summed E-state index contributed by atoms with van der Waals surface area (Å²) in [5, 5.41) is 6.15. The standard InChI is InChI=1S/C19H16Cl2N4O2S/c20-17-8-7-15(11-18(17)21)25-28(27)16-6-2-5-14(10-16)24-19(26)23-13-4-1-3-12(22)9-13/h1-11,25H,22H2,(H2,23,24,26). The Morgan fingerprint density at radius 1 is 0.821 bits per heavy atom. The molecule has 28 heavy (non-hydrogen) atoms. The van der Waals surface area contributed by atoms with Gasteiger partial charge in [0.15, 0.2) is 0 Å². The zero-order valence-corrected chi connectivity index (χ0v) is 16.7. The first kappa shape index (κ1) is 20.0. The molecule has 3 rings (SSSR count). The largest absolute Gasteiger partial charge is 0.399 e. The molecule has 0 bridgehead atoms. The predicted octanol–water partition coefficient (Wildman–Crippen LogP) is 5.35. The molecule has 3 aromatic rings. The quantitative estimate of drug-likeness (QED) is 0.407. The van der Waals surface area contributed by atoms with Crippen molar-refractivity contribution in [2.75, 3.05) is 21.1 Å². The Morgan fingerprint density at radius 2 is 1.50 bits per heavy atom. The molecule has 1 unspecified atom stereocenters. The Labute approximate surface area is 174 Å². The second kappa shape index (κ2) is 8.97. The number of urea groups is 1.